The normalized spacial score (nSPS) is 12.0. The maximum Gasteiger partial charge on any atom is 0.311 e. The van der Waals surface area contributed by atoms with Crippen LogP contribution in [0, 0.1) is 17.0 Å². The van der Waals surface area contributed by atoms with E-state index in [-0.39, 0.29) is 16.2 Å². The van der Waals surface area contributed by atoms with E-state index in [0.717, 1.165) is 0 Å². The number of phenolic OH excluding ortho intramolecular Hbond substituents is 1. The highest BCUT2D eigenvalue weighted by molar-refractivity contribution is 7.89. The second-order valence-corrected chi connectivity index (χ2v) is 6.96. The number of nitrogens with two attached hydrogens (primary N) is 1. The van der Waals surface area contributed by atoms with Crippen molar-refractivity contribution in [2.24, 2.45) is 5.10 Å². The molecule has 0 spiro atoms. The summed E-state index contributed by atoms with van der Waals surface area (Å²) < 4.78 is 24.4. The smallest absolute Gasteiger partial charge is 0.311 e. The Kier molecular flexibility index (Phi) is 4.93. The first-order valence-electron chi connectivity index (χ1n) is 7.02. The van der Waals surface area contributed by atoms with Crippen molar-refractivity contribution in [2.45, 2.75) is 18.7 Å². The number of benzene rings is 2. The molecule has 2 aromatic carbocycles. The lowest BCUT2D eigenvalue weighted by Crippen LogP contribution is -2.20. The zero-order chi connectivity index (χ0) is 18.8. The number of sulfonamides is 1. The van der Waals surface area contributed by atoms with Gasteiger partial charge in [-0.3, -0.25) is 10.1 Å². The fourth-order valence-corrected chi connectivity index (χ4v) is 2.92. The first-order chi connectivity index (χ1) is 11.6. The van der Waals surface area contributed by atoms with Crippen LogP contribution in [0.1, 0.15) is 18.1 Å². The number of nitrogens with zero attached hydrogens (tertiary/aromatic N) is 2. The minimum absolute atomic E-state index is 0.0438. The van der Waals surface area contributed by atoms with Gasteiger partial charge >= 0.3 is 5.69 Å². The Bertz CT molecular complexity index is 953. The minimum Gasteiger partial charge on any atom is -0.502 e. The van der Waals surface area contributed by atoms with Gasteiger partial charge in [0.05, 0.1) is 15.5 Å². The molecule has 25 heavy (non-hydrogen) atoms. The molecular weight excluding hydrogens is 348 g/mol. The van der Waals surface area contributed by atoms with E-state index in [1.165, 1.54) is 43.3 Å². The second-order valence-electron chi connectivity index (χ2n) is 5.30. The summed E-state index contributed by atoms with van der Waals surface area (Å²) in [5, 5.41) is 24.7. The van der Waals surface area contributed by atoms with Gasteiger partial charge in [0.25, 0.3) is 10.0 Å². The molecule has 0 aliphatic carbocycles. The monoisotopic (exact) mass is 364 g/mol. The van der Waals surface area contributed by atoms with Crippen LogP contribution >= 0.6 is 0 Å². The van der Waals surface area contributed by atoms with E-state index in [0.29, 0.717) is 11.3 Å². The fraction of sp³-hybridized carbons (Fsp3) is 0.133. The molecule has 2 rings (SSSR count). The van der Waals surface area contributed by atoms with Crippen molar-refractivity contribution in [1.29, 1.82) is 0 Å². The summed E-state index contributed by atoms with van der Waals surface area (Å²) in [6.45, 7) is 3.03. The standard InChI is InChI=1S/C15H16N4O5S/c1-9-7-13(15(20)14(8-9)19(21)22)10(2)17-18-25(23,24)12-5-3-11(16)4-6-12/h3-8,18,20H,16H2,1-2H3/b17-10+. The van der Waals surface area contributed by atoms with Crippen LogP contribution in [0.3, 0.4) is 0 Å². The molecule has 0 aliphatic heterocycles. The molecule has 2 aromatic rings. The van der Waals surface area contributed by atoms with E-state index in [2.05, 4.69) is 5.10 Å². The number of nitrogens with one attached hydrogen (secondary N) is 1. The van der Waals surface area contributed by atoms with Crippen molar-refractivity contribution >= 4 is 27.1 Å². The molecule has 4 N–H and O–H groups in total. The SMILES string of the molecule is C/C(=N\NS(=O)(=O)c1ccc(N)cc1)c1cc(C)cc([N+](=O)[O-])c1O. The van der Waals surface area contributed by atoms with Gasteiger partial charge in [-0.15, -0.1) is 0 Å². The maximum atomic E-state index is 12.2. The van der Waals surface area contributed by atoms with Gasteiger partial charge in [0.2, 0.25) is 5.75 Å². The van der Waals surface area contributed by atoms with Crippen LogP contribution < -0.4 is 10.6 Å². The number of rotatable bonds is 5. The molecule has 0 radical (unpaired) electrons. The van der Waals surface area contributed by atoms with Gasteiger partial charge in [0.1, 0.15) is 0 Å². The van der Waals surface area contributed by atoms with E-state index in [9.17, 15) is 23.6 Å². The first-order valence-corrected chi connectivity index (χ1v) is 8.50. The van der Waals surface area contributed by atoms with E-state index in [1.807, 2.05) is 4.83 Å². The number of phenols is 1. The second kappa shape index (κ2) is 6.77. The predicted molar refractivity (Wildman–Crippen MR) is 92.9 cm³/mol. The van der Waals surface area contributed by atoms with Gasteiger partial charge in [0.15, 0.2) is 0 Å². The average Bonchev–Trinajstić information content (AvgIpc) is 2.54. The lowest BCUT2D eigenvalue weighted by atomic mass is 10.1. The van der Waals surface area contributed by atoms with Crippen molar-refractivity contribution < 1.29 is 18.4 Å². The molecule has 0 atom stereocenters. The molecule has 0 saturated carbocycles. The molecule has 132 valence electrons. The number of anilines is 1. The summed E-state index contributed by atoms with van der Waals surface area (Å²) in [6.07, 6.45) is 0. The summed E-state index contributed by atoms with van der Waals surface area (Å²) in [7, 11) is -3.94. The largest absolute Gasteiger partial charge is 0.502 e. The molecular formula is C15H16N4O5S. The number of hydrogen-bond acceptors (Lipinski definition) is 7. The zero-order valence-corrected chi connectivity index (χ0v) is 14.2. The van der Waals surface area contributed by atoms with Crippen LogP contribution in [-0.2, 0) is 10.0 Å². The number of hydrazone groups is 1. The van der Waals surface area contributed by atoms with Crippen LogP contribution in [0.4, 0.5) is 11.4 Å². The lowest BCUT2D eigenvalue weighted by Gasteiger charge is -2.08. The van der Waals surface area contributed by atoms with Crippen molar-refractivity contribution in [1.82, 2.24) is 4.83 Å². The van der Waals surface area contributed by atoms with Gasteiger partial charge in [-0.2, -0.15) is 18.4 Å². The summed E-state index contributed by atoms with van der Waals surface area (Å²) in [4.78, 5) is 12.2. The summed E-state index contributed by atoms with van der Waals surface area (Å²) in [6, 6.07) is 8.18. The Morgan fingerprint density at radius 3 is 2.44 bits per heavy atom. The Balaban J connectivity index is 2.36. The van der Waals surface area contributed by atoms with Crippen LogP contribution in [0.5, 0.6) is 5.75 Å². The third-order valence-electron chi connectivity index (χ3n) is 3.34. The van der Waals surface area contributed by atoms with E-state index in [1.54, 1.807) is 6.92 Å². The van der Waals surface area contributed by atoms with Gasteiger partial charge in [-0.05, 0) is 49.7 Å². The molecule has 0 bridgehead atoms. The third kappa shape index (κ3) is 4.04. The highest BCUT2D eigenvalue weighted by Gasteiger charge is 2.20. The van der Waals surface area contributed by atoms with Crippen LogP contribution in [-0.4, -0.2) is 24.2 Å². The quantitative estimate of drug-likeness (QED) is 0.319. The topological polar surface area (TPSA) is 148 Å². The van der Waals surface area contributed by atoms with Gasteiger partial charge in [-0.1, -0.05) is 0 Å². The molecule has 0 saturated heterocycles. The molecule has 0 fully saturated rings. The zero-order valence-electron chi connectivity index (χ0n) is 13.4. The number of nitrogen functional groups attached to an aromatic ring is 1. The summed E-state index contributed by atoms with van der Waals surface area (Å²) >= 11 is 0. The Hall–Kier alpha value is -3.14. The number of nitro benzene ring substituents is 1. The van der Waals surface area contributed by atoms with Crippen molar-refractivity contribution in [3.05, 3.63) is 57.6 Å². The van der Waals surface area contributed by atoms with E-state index >= 15 is 0 Å². The van der Waals surface area contributed by atoms with Crippen molar-refractivity contribution in [2.75, 3.05) is 5.73 Å². The van der Waals surface area contributed by atoms with Crippen molar-refractivity contribution in [3.63, 3.8) is 0 Å². The number of nitro groups is 1. The molecule has 10 heteroatoms. The Labute approximate surface area is 144 Å². The molecule has 0 heterocycles. The van der Waals surface area contributed by atoms with Gasteiger partial charge in [-0.25, -0.2) is 0 Å². The molecule has 0 amide bonds. The fourth-order valence-electron chi connectivity index (χ4n) is 2.06. The molecule has 0 aliphatic rings. The van der Waals surface area contributed by atoms with Gasteiger partial charge in [0, 0.05) is 17.3 Å². The average molecular weight is 364 g/mol. The van der Waals surface area contributed by atoms with Crippen LogP contribution in [0.2, 0.25) is 0 Å². The van der Waals surface area contributed by atoms with Crippen LogP contribution in [0.15, 0.2) is 46.4 Å². The van der Waals surface area contributed by atoms with Gasteiger partial charge < -0.3 is 10.8 Å². The number of aromatic hydroxyl groups is 1. The van der Waals surface area contributed by atoms with Crippen molar-refractivity contribution in [3.8, 4) is 5.75 Å². The molecule has 0 aromatic heterocycles. The molecule has 9 nitrogen and oxygen atoms in total. The Morgan fingerprint density at radius 2 is 1.88 bits per heavy atom. The van der Waals surface area contributed by atoms with Crippen LogP contribution in [0.25, 0.3) is 0 Å². The highest BCUT2D eigenvalue weighted by Crippen LogP contribution is 2.31. The van der Waals surface area contributed by atoms with E-state index in [4.69, 9.17) is 5.73 Å². The summed E-state index contributed by atoms with van der Waals surface area (Å²) in [5.41, 5.74) is 6.10. The third-order valence-corrected chi connectivity index (χ3v) is 4.57. The number of aryl methyl sites for hydroxylation is 1. The first kappa shape index (κ1) is 18.2. The maximum absolute atomic E-state index is 12.2. The summed E-state index contributed by atoms with van der Waals surface area (Å²) in [5.74, 6) is -0.580. The number of hydrogen-bond donors (Lipinski definition) is 3. The lowest BCUT2D eigenvalue weighted by molar-refractivity contribution is -0.385. The predicted octanol–water partition coefficient (Wildman–Crippen LogP) is 1.89. The highest BCUT2D eigenvalue weighted by atomic mass is 32.2. The minimum atomic E-state index is -3.94. The Morgan fingerprint density at radius 1 is 1.28 bits per heavy atom. The van der Waals surface area contributed by atoms with E-state index < -0.39 is 26.4 Å². The molecule has 0 unspecified atom stereocenters.